The number of carbonyl (C=O) groups is 2. The summed E-state index contributed by atoms with van der Waals surface area (Å²) in [5.74, 6) is -0.429. The van der Waals surface area contributed by atoms with E-state index in [1.807, 2.05) is 31.2 Å². The van der Waals surface area contributed by atoms with E-state index in [2.05, 4.69) is 10.6 Å². The lowest BCUT2D eigenvalue weighted by Gasteiger charge is -2.23. The molecule has 0 unspecified atom stereocenters. The Bertz CT molecular complexity index is 519. The van der Waals surface area contributed by atoms with E-state index in [1.54, 1.807) is 13.8 Å². The summed E-state index contributed by atoms with van der Waals surface area (Å²) in [5, 5.41) is 5.74. The van der Waals surface area contributed by atoms with E-state index in [0.29, 0.717) is 6.54 Å². The molecule has 2 amide bonds. The lowest BCUT2D eigenvalue weighted by Crippen LogP contribution is -2.48. The van der Waals surface area contributed by atoms with Gasteiger partial charge in [-0.3, -0.25) is 9.59 Å². The molecule has 108 valence electrons. The maximum atomic E-state index is 12.2. The molecule has 1 saturated carbocycles. The van der Waals surface area contributed by atoms with Crippen LogP contribution < -0.4 is 10.6 Å². The molecule has 0 aliphatic heterocycles. The third-order valence-corrected chi connectivity index (χ3v) is 3.75. The SMILES string of the molecule is Cc1ccccc1CNC(=O)C(C)(C)C(=O)NC1CC1. The predicted octanol–water partition coefficient (Wildman–Crippen LogP) is 1.92. The van der Waals surface area contributed by atoms with Crippen LogP contribution in [0.15, 0.2) is 24.3 Å². The highest BCUT2D eigenvalue weighted by Gasteiger charge is 2.38. The van der Waals surface area contributed by atoms with Gasteiger partial charge < -0.3 is 10.6 Å². The summed E-state index contributed by atoms with van der Waals surface area (Å²) >= 11 is 0. The number of amides is 2. The summed E-state index contributed by atoms with van der Waals surface area (Å²) in [5.41, 5.74) is 1.16. The molecule has 1 aromatic rings. The molecular weight excluding hydrogens is 252 g/mol. The van der Waals surface area contributed by atoms with Crippen LogP contribution in [0.3, 0.4) is 0 Å². The fourth-order valence-corrected chi connectivity index (χ4v) is 1.90. The van der Waals surface area contributed by atoms with Crippen molar-refractivity contribution in [1.29, 1.82) is 0 Å². The number of hydrogen-bond donors (Lipinski definition) is 2. The Labute approximate surface area is 119 Å². The Morgan fingerprint density at radius 3 is 2.45 bits per heavy atom. The maximum Gasteiger partial charge on any atom is 0.235 e. The van der Waals surface area contributed by atoms with Crippen molar-refractivity contribution in [2.24, 2.45) is 5.41 Å². The molecule has 0 spiro atoms. The fraction of sp³-hybridized carbons (Fsp3) is 0.500. The highest BCUT2D eigenvalue weighted by atomic mass is 16.2. The van der Waals surface area contributed by atoms with Crippen molar-refractivity contribution in [2.75, 3.05) is 0 Å². The topological polar surface area (TPSA) is 58.2 Å². The first-order valence-electron chi connectivity index (χ1n) is 7.05. The van der Waals surface area contributed by atoms with Gasteiger partial charge in [0.2, 0.25) is 11.8 Å². The summed E-state index contributed by atoms with van der Waals surface area (Å²) in [6.45, 7) is 5.79. The molecule has 4 nitrogen and oxygen atoms in total. The number of hydrogen-bond acceptors (Lipinski definition) is 2. The van der Waals surface area contributed by atoms with Crippen molar-refractivity contribution < 1.29 is 9.59 Å². The molecule has 1 aliphatic rings. The van der Waals surface area contributed by atoms with Crippen LogP contribution in [-0.2, 0) is 16.1 Å². The number of nitrogens with one attached hydrogen (secondary N) is 2. The predicted molar refractivity (Wildman–Crippen MR) is 78.0 cm³/mol. The molecule has 1 aromatic carbocycles. The summed E-state index contributed by atoms with van der Waals surface area (Å²) in [7, 11) is 0. The van der Waals surface area contributed by atoms with Gasteiger partial charge in [-0.15, -0.1) is 0 Å². The van der Waals surface area contributed by atoms with Crippen LogP contribution in [0, 0.1) is 12.3 Å². The van der Waals surface area contributed by atoms with Gasteiger partial charge in [-0.2, -0.15) is 0 Å². The Balaban J connectivity index is 1.93. The summed E-state index contributed by atoms with van der Waals surface area (Å²) in [4.78, 5) is 24.3. The van der Waals surface area contributed by atoms with Crippen LogP contribution in [0.1, 0.15) is 37.8 Å². The Hall–Kier alpha value is -1.84. The van der Waals surface area contributed by atoms with Crippen molar-refractivity contribution in [1.82, 2.24) is 10.6 Å². The van der Waals surface area contributed by atoms with Gasteiger partial charge in [0.15, 0.2) is 0 Å². The third kappa shape index (κ3) is 3.38. The molecule has 0 aromatic heterocycles. The quantitative estimate of drug-likeness (QED) is 0.806. The van der Waals surface area contributed by atoms with Crippen LogP contribution in [0.5, 0.6) is 0 Å². The van der Waals surface area contributed by atoms with E-state index in [1.165, 1.54) is 0 Å². The second-order valence-electron chi connectivity index (χ2n) is 5.98. The number of benzene rings is 1. The van der Waals surface area contributed by atoms with Gasteiger partial charge in [-0.05, 0) is 44.7 Å². The Morgan fingerprint density at radius 2 is 1.85 bits per heavy atom. The van der Waals surface area contributed by atoms with E-state index in [0.717, 1.165) is 24.0 Å². The zero-order chi connectivity index (χ0) is 14.8. The molecule has 1 aliphatic carbocycles. The standard InChI is InChI=1S/C16H22N2O2/c1-11-6-4-5-7-12(11)10-17-14(19)16(2,3)15(20)18-13-8-9-13/h4-7,13H,8-10H2,1-3H3,(H,17,19)(H,18,20). The van der Waals surface area contributed by atoms with Gasteiger partial charge in [0.05, 0.1) is 0 Å². The molecular formula is C16H22N2O2. The summed E-state index contributed by atoms with van der Waals surface area (Å²) in [6, 6.07) is 8.16. The van der Waals surface area contributed by atoms with Gasteiger partial charge in [0.1, 0.15) is 5.41 Å². The van der Waals surface area contributed by atoms with Crippen molar-refractivity contribution in [3.63, 3.8) is 0 Å². The highest BCUT2D eigenvalue weighted by Crippen LogP contribution is 2.23. The molecule has 1 fully saturated rings. The fourth-order valence-electron chi connectivity index (χ4n) is 1.90. The van der Waals surface area contributed by atoms with E-state index in [-0.39, 0.29) is 17.9 Å². The average Bonchev–Trinajstić information content (AvgIpc) is 3.21. The lowest BCUT2D eigenvalue weighted by atomic mass is 9.91. The maximum absolute atomic E-state index is 12.2. The zero-order valence-corrected chi connectivity index (χ0v) is 12.3. The average molecular weight is 274 g/mol. The van der Waals surface area contributed by atoms with E-state index >= 15 is 0 Å². The minimum Gasteiger partial charge on any atom is -0.352 e. The number of rotatable bonds is 5. The van der Waals surface area contributed by atoms with Crippen molar-refractivity contribution >= 4 is 11.8 Å². The minimum absolute atomic E-state index is 0.192. The van der Waals surface area contributed by atoms with Gasteiger partial charge in [-0.1, -0.05) is 24.3 Å². The van der Waals surface area contributed by atoms with Gasteiger partial charge in [-0.25, -0.2) is 0 Å². The second-order valence-corrected chi connectivity index (χ2v) is 5.98. The zero-order valence-electron chi connectivity index (χ0n) is 12.3. The monoisotopic (exact) mass is 274 g/mol. The Morgan fingerprint density at radius 1 is 1.20 bits per heavy atom. The van der Waals surface area contributed by atoms with Crippen molar-refractivity contribution in [3.05, 3.63) is 35.4 Å². The van der Waals surface area contributed by atoms with Crippen LogP contribution >= 0.6 is 0 Å². The smallest absolute Gasteiger partial charge is 0.235 e. The van der Waals surface area contributed by atoms with Gasteiger partial charge in [0.25, 0.3) is 0 Å². The van der Waals surface area contributed by atoms with E-state index in [9.17, 15) is 9.59 Å². The first-order valence-corrected chi connectivity index (χ1v) is 7.05. The van der Waals surface area contributed by atoms with Crippen molar-refractivity contribution in [2.45, 2.75) is 46.2 Å². The number of carbonyl (C=O) groups excluding carboxylic acids is 2. The van der Waals surface area contributed by atoms with Crippen LogP contribution in [0.2, 0.25) is 0 Å². The van der Waals surface area contributed by atoms with Crippen molar-refractivity contribution in [3.8, 4) is 0 Å². The highest BCUT2D eigenvalue weighted by molar-refractivity contribution is 6.04. The summed E-state index contributed by atoms with van der Waals surface area (Å²) < 4.78 is 0. The molecule has 2 N–H and O–H groups in total. The second kappa shape index (κ2) is 5.65. The van der Waals surface area contributed by atoms with Gasteiger partial charge in [0, 0.05) is 12.6 Å². The first kappa shape index (κ1) is 14.6. The van der Waals surface area contributed by atoms with Crippen LogP contribution in [0.4, 0.5) is 0 Å². The molecule has 0 heterocycles. The lowest BCUT2D eigenvalue weighted by molar-refractivity contribution is -0.141. The first-order chi connectivity index (χ1) is 9.41. The summed E-state index contributed by atoms with van der Waals surface area (Å²) in [6.07, 6.45) is 2.04. The Kier molecular flexibility index (Phi) is 4.12. The normalized spacial score (nSPS) is 14.8. The van der Waals surface area contributed by atoms with E-state index < -0.39 is 5.41 Å². The largest absolute Gasteiger partial charge is 0.352 e. The van der Waals surface area contributed by atoms with Crippen LogP contribution in [-0.4, -0.2) is 17.9 Å². The van der Waals surface area contributed by atoms with E-state index in [4.69, 9.17) is 0 Å². The van der Waals surface area contributed by atoms with Gasteiger partial charge >= 0.3 is 0 Å². The minimum atomic E-state index is -1.04. The van der Waals surface area contributed by atoms with Crippen LogP contribution in [0.25, 0.3) is 0 Å². The molecule has 0 radical (unpaired) electrons. The molecule has 0 atom stereocenters. The molecule has 0 saturated heterocycles. The number of aryl methyl sites for hydroxylation is 1. The molecule has 4 heteroatoms. The molecule has 0 bridgehead atoms. The molecule has 2 rings (SSSR count). The molecule has 20 heavy (non-hydrogen) atoms. The third-order valence-electron chi connectivity index (χ3n) is 3.75.